The topological polar surface area (TPSA) is 44.0 Å². The molecule has 2 nitrogen and oxygen atoms in total. The zero-order valence-corrected chi connectivity index (χ0v) is 6.89. The standard InChI is InChI=1S/C8H15NO/c1-4-5-8(10,6-9)7(2)3/h7,10H,4-5H2,1-3H3. The van der Waals surface area contributed by atoms with E-state index >= 15 is 0 Å². The van der Waals surface area contributed by atoms with Gasteiger partial charge < -0.3 is 5.11 Å². The molecule has 10 heavy (non-hydrogen) atoms. The number of nitriles is 1. The summed E-state index contributed by atoms with van der Waals surface area (Å²) >= 11 is 0. The molecule has 1 atom stereocenters. The van der Waals surface area contributed by atoms with E-state index in [-0.39, 0.29) is 5.92 Å². The number of nitrogens with zero attached hydrogens (tertiary/aromatic N) is 1. The molecule has 0 spiro atoms. The maximum absolute atomic E-state index is 9.54. The van der Waals surface area contributed by atoms with Crippen LogP contribution in [0.25, 0.3) is 0 Å². The molecular weight excluding hydrogens is 126 g/mol. The summed E-state index contributed by atoms with van der Waals surface area (Å²) in [5, 5.41) is 18.1. The third-order valence-corrected chi connectivity index (χ3v) is 1.78. The minimum absolute atomic E-state index is 0.0254. The van der Waals surface area contributed by atoms with Crippen molar-refractivity contribution in [3.63, 3.8) is 0 Å². The molecule has 0 radical (unpaired) electrons. The second-order valence-corrected chi connectivity index (χ2v) is 2.94. The first kappa shape index (κ1) is 9.45. The van der Waals surface area contributed by atoms with Crippen molar-refractivity contribution in [2.45, 2.75) is 39.2 Å². The summed E-state index contributed by atoms with van der Waals surface area (Å²) in [7, 11) is 0. The molecule has 1 unspecified atom stereocenters. The first-order valence-corrected chi connectivity index (χ1v) is 3.70. The monoisotopic (exact) mass is 141 g/mol. The van der Waals surface area contributed by atoms with Gasteiger partial charge in [0.05, 0.1) is 6.07 Å². The highest BCUT2D eigenvalue weighted by Crippen LogP contribution is 2.21. The molecule has 58 valence electrons. The van der Waals surface area contributed by atoms with Gasteiger partial charge in [-0.05, 0) is 12.3 Å². The van der Waals surface area contributed by atoms with Gasteiger partial charge in [0.25, 0.3) is 0 Å². The number of hydrogen-bond donors (Lipinski definition) is 1. The molecule has 0 aromatic carbocycles. The van der Waals surface area contributed by atoms with Gasteiger partial charge in [0.1, 0.15) is 0 Å². The molecule has 0 aromatic heterocycles. The van der Waals surface area contributed by atoms with Gasteiger partial charge in [-0.1, -0.05) is 27.2 Å². The van der Waals surface area contributed by atoms with Gasteiger partial charge in [0.15, 0.2) is 5.60 Å². The van der Waals surface area contributed by atoms with Crippen LogP contribution in [0.15, 0.2) is 0 Å². The Morgan fingerprint density at radius 2 is 2.10 bits per heavy atom. The lowest BCUT2D eigenvalue weighted by Crippen LogP contribution is -2.32. The Morgan fingerprint density at radius 1 is 1.60 bits per heavy atom. The summed E-state index contributed by atoms with van der Waals surface area (Å²) in [6, 6.07) is 1.93. The minimum Gasteiger partial charge on any atom is -0.375 e. The Kier molecular flexibility index (Phi) is 3.38. The average molecular weight is 141 g/mol. The normalized spacial score (nSPS) is 16.4. The van der Waals surface area contributed by atoms with Gasteiger partial charge in [-0.3, -0.25) is 0 Å². The fourth-order valence-corrected chi connectivity index (χ4v) is 0.855. The van der Waals surface area contributed by atoms with Gasteiger partial charge in [-0.15, -0.1) is 0 Å². The number of aliphatic hydroxyl groups is 1. The van der Waals surface area contributed by atoms with Crippen LogP contribution in [0.5, 0.6) is 0 Å². The van der Waals surface area contributed by atoms with E-state index in [1.807, 2.05) is 26.8 Å². The van der Waals surface area contributed by atoms with Crippen molar-refractivity contribution in [1.82, 2.24) is 0 Å². The molecule has 0 saturated carbocycles. The van der Waals surface area contributed by atoms with Crippen LogP contribution in [-0.4, -0.2) is 10.7 Å². The predicted molar refractivity (Wildman–Crippen MR) is 40.3 cm³/mol. The maximum atomic E-state index is 9.54. The van der Waals surface area contributed by atoms with Crippen molar-refractivity contribution in [2.24, 2.45) is 5.92 Å². The van der Waals surface area contributed by atoms with Crippen molar-refractivity contribution < 1.29 is 5.11 Å². The minimum atomic E-state index is -1.10. The fourth-order valence-electron chi connectivity index (χ4n) is 0.855. The summed E-state index contributed by atoms with van der Waals surface area (Å²) in [6.45, 7) is 5.68. The van der Waals surface area contributed by atoms with Gasteiger partial charge in [0, 0.05) is 0 Å². The highest BCUT2D eigenvalue weighted by Gasteiger charge is 2.29. The SMILES string of the molecule is CCCC(O)(C#N)C(C)C. The predicted octanol–water partition coefficient (Wildman–Crippen LogP) is 1.70. The third kappa shape index (κ3) is 2.00. The molecule has 0 aliphatic carbocycles. The van der Waals surface area contributed by atoms with Gasteiger partial charge in [0.2, 0.25) is 0 Å². The zero-order chi connectivity index (χ0) is 8.20. The molecule has 0 fully saturated rings. The van der Waals surface area contributed by atoms with Crippen LogP contribution in [0.1, 0.15) is 33.6 Å². The molecule has 0 heterocycles. The van der Waals surface area contributed by atoms with E-state index in [1.165, 1.54) is 0 Å². The summed E-state index contributed by atoms with van der Waals surface area (Å²) in [4.78, 5) is 0. The van der Waals surface area contributed by atoms with Crippen LogP contribution < -0.4 is 0 Å². The van der Waals surface area contributed by atoms with E-state index in [4.69, 9.17) is 5.26 Å². The number of rotatable bonds is 3. The quantitative estimate of drug-likeness (QED) is 0.608. The van der Waals surface area contributed by atoms with Crippen LogP contribution in [0.2, 0.25) is 0 Å². The lowest BCUT2D eigenvalue weighted by molar-refractivity contribution is 0.0418. The first-order chi connectivity index (χ1) is 4.56. The summed E-state index contributed by atoms with van der Waals surface area (Å²) in [5.41, 5.74) is -1.10. The molecule has 1 N–H and O–H groups in total. The molecule has 0 aliphatic rings. The molecule has 0 amide bonds. The van der Waals surface area contributed by atoms with E-state index in [1.54, 1.807) is 0 Å². The summed E-state index contributed by atoms with van der Waals surface area (Å²) in [6.07, 6.45) is 1.42. The molecule has 0 saturated heterocycles. The second-order valence-electron chi connectivity index (χ2n) is 2.94. The highest BCUT2D eigenvalue weighted by atomic mass is 16.3. The van der Waals surface area contributed by atoms with E-state index in [2.05, 4.69) is 0 Å². The highest BCUT2D eigenvalue weighted by molar-refractivity contribution is 5.01. The van der Waals surface area contributed by atoms with Crippen molar-refractivity contribution in [3.05, 3.63) is 0 Å². The third-order valence-electron chi connectivity index (χ3n) is 1.78. The second kappa shape index (κ2) is 3.58. The Bertz CT molecular complexity index is 137. The fraction of sp³-hybridized carbons (Fsp3) is 0.875. The lowest BCUT2D eigenvalue weighted by atomic mass is 9.88. The lowest BCUT2D eigenvalue weighted by Gasteiger charge is -2.23. The van der Waals surface area contributed by atoms with Gasteiger partial charge in [-0.25, -0.2) is 0 Å². The molecule has 0 rings (SSSR count). The Hall–Kier alpha value is -0.550. The van der Waals surface area contributed by atoms with Crippen LogP contribution >= 0.6 is 0 Å². The largest absolute Gasteiger partial charge is 0.375 e. The zero-order valence-electron chi connectivity index (χ0n) is 6.89. The molecular formula is C8H15NO. The molecule has 0 bridgehead atoms. The van der Waals surface area contributed by atoms with Gasteiger partial charge in [-0.2, -0.15) is 5.26 Å². The van der Waals surface area contributed by atoms with E-state index < -0.39 is 5.60 Å². The Labute approximate surface area is 62.5 Å². The van der Waals surface area contributed by atoms with Crippen molar-refractivity contribution in [1.29, 1.82) is 5.26 Å². The van der Waals surface area contributed by atoms with Crippen molar-refractivity contribution in [3.8, 4) is 6.07 Å². The summed E-state index contributed by atoms with van der Waals surface area (Å²) in [5.74, 6) is 0.0254. The van der Waals surface area contributed by atoms with Gasteiger partial charge >= 0.3 is 0 Å². The maximum Gasteiger partial charge on any atom is 0.153 e. The summed E-state index contributed by atoms with van der Waals surface area (Å²) < 4.78 is 0. The van der Waals surface area contributed by atoms with E-state index in [0.29, 0.717) is 6.42 Å². The number of hydrogen-bond acceptors (Lipinski definition) is 2. The smallest absolute Gasteiger partial charge is 0.153 e. The molecule has 0 aromatic rings. The Balaban J connectivity index is 4.12. The van der Waals surface area contributed by atoms with Crippen LogP contribution in [0.3, 0.4) is 0 Å². The molecule has 2 heteroatoms. The van der Waals surface area contributed by atoms with Crippen molar-refractivity contribution >= 4 is 0 Å². The Morgan fingerprint density at radius 3 is 2.20 bits per heavy atom. The van der Waals surface area contributed by atoms with Crippen molar-refractivity contribution in [2.75, 3.05) is 0 Å². The van der Waals surface area contributed by atoms with Crippen LogP contribution in [-0.2, 0) is 0 Å². The van der Waals surface area contributed by atoms with Crippen LogP contribution in [0.4, 0.5) is 0 Å². The molecule has 0 aliphatic heterocycles. The van der Waals surface area contributed by atoms with E-state index in [9.17, 15) is 5.11 Å². The van der Waals surface area contributed by atoms with E-state index in [0.717, 1.165) is 6.42 Å². The van der Waals surface area contributed by atoms with Crippen LogP contribution in [0, 0.1) is 17.2 Å². The average Bonchev–Trinajstić information content (AvgIpc) is 1.88. The first-order valence-electron chi connectivity index (χ1n) is 3.70.